The maximum absolute atomic E-state index is 12.5. The number of fused-ring (bicyclic) bond motifs is 1. The molecule has 0 atom stereocenters. The third-order valence-electron chi connectivity index (χ3n) is 3.54. The van der Waals surface area contributed by atoms with Crippen molar-refractivity contribution in [1.29, 1.82) is 0 Å². The molecule has 0 aliphatic carbocycles. The fraction of sp³-hybridized carbons (Fsp3) is 0.250. The molecule has 2 aromatic heterocycles. The number of hydrogen-bond donors (Lipinski definition) is 1. The molecule has 0 amide bonds. The molecule has 0 saturated heterocycles. The number of halogens is 3. The maximum Gasteiger partial charge on any atom is 0.282 e. The van der Waals surface area contributed by atoms with Crippen LogP contribution in [0.1, 0.15) is 37.6 Å². The predicted octanol–water partition coefficient (Wildman–Crippen LogP) is 5.34. The van der Waals surface area contributed by atoms with Crippen LogP contribution in [0.15, 0.2) is 30.3 Å². The van der Waals surface area contributed by atoms with Gasteiger partial charge in [-0.1, -0.05) is 25.4 Å². The number of alkyl halides is 2. The van der Waals surface area contributed by atoms with Gasteiger partial charge in [0.05, 0.1) is 10.7 Å². The highest BCUT2D eigenvalue weighted by molar-refractivity contribution is 6.34. The van der Waals surface area contributed by atoms with Crippen LogP contribution in [0, 0.1) is 0 Å². The standard InChI is InChI=1S/C16H14ClF2N3/c1-8(2)14-6-9-5-11(17)10(7-15(9)20-14)12-3-4-13(16(18)19)22-21-12/h3-8,16,20H,1-2H3. The second-order valence-electron chi connectivity index (χ2n) is 5.44. The van der Waals surface area contributed by atoms with E-state index in [1.807, 2.05) is 12.1 Å². The van der Waals surface area contributed by atoms with Crippen molar-refractivity contribution < 1.29 is 8.78 Å². The van der Waals surface area contributed by atoms with Crippen LogP contribution in [0.5, 0.6) is 0 Å². The fourth-order valence-corrected chi connectivity index (χ4v) is 2.55. The minimum absolute atomic E-state index is 0.345. The topological polar surface area (TPSA) is 41.6 Å². The van der Waals surface area contributed by atoms with E-state index in [0.29, 0.717) is 22.2 Å². The summed E-state index contributed by atoms with van der Waals surface area (Å²) in [4.78, 5) is 3.34. The van der Waals surface area contributed by atoms with Crippen molar-refractivity contribution in [2.75, 3.05) is 0 Å². The summed E-state index contributed by atoms with van der Waals surface area (Å²) in [6.45, 7) is 4.20. The molecule has 0 unspecified atom stereocenters. The lowest BCUT2D eigenvalue weighted by atomic mass is 10.1. The molecule has 0 fully saturated rings. The van der Waals surface area contributed by atoms with E-state index >= 15 is 0 Å². The van der Waals surface area contributed by atoms with Gasteiger partial charge in [0.15, 0.2) is 0 Å². The Balaban J connectivity index is 2.07. The minimum Gasteiger partial charge on any atom is -0.358 e. The molecule has 22 heavy (non-hydrogen) atoms. The maximum atomic E-state index is 12.5. The van der Waals surface area contributed by atoms with Crippen LogP contribution in [-0.4, -0.2) is 15.2 Å². The molecule has 0 saturated carbocycles. The van der Waals surface area contributed by atoms with Gasteiger partial charge in [0, 0.05) is 22.2 Å². The molecule has 114 valence electrons. The van der Waals surface area contributed by atoms with E-state index in [1.54, 1.807) is 0 Å². The van der Waals surface area contributed by atoms with Crippen LogP contribution in [0.2, 0.25) is 5.02 Å². The zero-order valence-corrected chi connectivity index (χ0v) is 12.8. The summed E-state index contributed by atoms with van der Waals surface area (Å²) in [5.41, 5.74) is 2.84. The quantitative estimate of drug-likeness (QED) is 0.707. The van der Waals surface area contributed by atoms with Gasteiger partial charge >= 0.3 is 0 Å². The van der Waals surface area contributed by atoms with Gasteiger partial charge in [-0.25, -0.2) is 8.78 Å². The summed E-state index contributed by atoms with van der Waals surface area (Å²) in [6.07, 6.45) is -2.63. The van der Waals surface area contributed by atoms with Crippen LogP contribution in [0.3, 0.4) is 0 Å². The smallest absolute Gasteiger partial charge is 0.282 e. The van der Waals surface area contributed by atoms with Crippen molar-refractivity contribution in [2.24, 2.45) is 0 Å². The number of aromatic nitrogens is 3. The third-order valence-corrected chi connectivity index (χ3v) is 3.85. The summed E-state index contributed by atoms with van der Waals surface area (Å²) < 4.78 is 25.1. The molecule has 6 heteroatoms. The zero-order valence-electron chi connectivity index (χ0n) is 12.1. The molecular formula is C16H14ClF2N3. The van der Waals surface area contributed by atoms with Crippen LogP contribution in [0.25, 0.3) is 22.2 Å². The lowest BCUT2D eigenvalue weighted by Crippen LogP contribution is -1.95. The molecule has 0 aliphatic rings. The first kappa shape index (κ1) is 14.9. The summed E-state index contributed by atoms with van der Waals surface area (Å²) >= 11 is 6.30. The Labute approximate surface area is 131 Å². The first-order valence-electron chi connectivity index (χ1n) is 6.90. The van der Waals surface area contributed by atoms with Crippen LogP contribution in [0.4, 0.5) is 8.78 Å². The second-order valence-corrected chi connectivity index (χ2v) is 5.85. The Bertz CT molecular complexity index is 810. The van der Waals surface area contributed by atoms with Crippen LogP contribution >= 0.6 is 11.6 Å². The predicted molar refractivity (Wildman–Crippen MR) is 83.4 cm³/mol. The highest BCUT2D eigenvalue weighted by atomic mass is 35.5. The molecule has 0 aliphatic heterocycles. The number of rotatable bonds is 3. The Morgan fingerprint density at radius 1 is 1.09 bits per heavy atom. The Kier molecular flexibility index (Phi) is 3.83. The second kappa shape index (κ2) is 5.65. The largest absolute Gasteiger partial charge is 0.358 e. The Morgan fingerprint density at radius 2 is 1.86 bits per heavy atom. The van der Waals surface area contributed by atoms with E-state index in [1.165, 1.54) is 12.1 Å². The summed E-state index contributed by atoms with van der Waals surface area (Å²) in [5.74, 6) is 0.375. The zero-order chi connectivity index (χ0) is 15.9. The van der Waals surface area contributed by atoms with E-state index in [9.17, 15) is 8.78 Å². The lowest BCUT2D eigenvalue weighted by molar-refractivity contribution is 0.145. The summed E-state index contributed by atoms with van der Waals surface area (Å²) in [6, 6.07) is 8.55. The van der Waals surface area contributed by atoms with Gasteiger partial charge in [-0.15, -0.1) is 5.10 Å². The first-order valence-corrected chi connectivity index (χ1v) is 7.28. The average Bonchev–Trinajstić information content (AvgIpc) is 2.89. The van der Waals surface area contributed by atoms with Gasteiger partial charge in [-0.2, -0.15) is 5.10 Å². The van der Waals surface area contributed by atoms with Gasteiger partial charge in [0.1, 0.15) is 5.69 Å². The Morgan fingerprint density at radius 3 is 2.45 bits per heavy atom. The molecule has 3 rings (SSSR count). The normalized spacial score (nSPS) is 11.8. The van der Waals surface area contributed by atoms with Crippen LogP contribution < -0.4 is 0 Å². The van der Waals surface area contributed by atoms with Crippen molar-refractivity contribution in [3.05, 3.63) is 46.7 Å². The number of nitrogens with zero attached hydrogens (tertiary/aromatic N) is 2. The van der Waals surface area contributed by atoms with E-state index in [0.717, 1.165) is 16.6 Å². The molecule has 3 aromatic rings. The van der Waals surface area contributed by atoms with Crippen molar-refractivity contribution >= 4 is 22.5 Å². The van der Waals surface area contributed by atoms with Gasteiger partial charge in [0.25, 0.3) is 6.43 Å². The summed E-state index contributed by atoms with van der Waals surface area (Å²) in [5, 5.41) is 8.92. The van der Waals surface area contributed by atoms with Crippen molar-refractivity contribution in [3.8, 4) is 11.3 Å². The lowest BCUT2D eigenvalue weighted by Gasteiger charge is -2.05. The molecule has 3 nitrogen and oxygen atoms in total. The number of hydrogen-bond acceptors (Lipinski definition) is 2. The molecule has 1 aromatic carbocycles. The third kappa shape index (κ3) is 2.68. The Hall–Kier alpha value is -2.01. The number of benzene rings is 1. The highest BCUT2D eigenvalue weighted by Gasteiger charge is 2.13. The van der Waals surface area contributed by atoms with Crippen molar-refractivity contribution in [1.82, 2.24) is 15.2 Å². The molecule has 0 radical (unpaired) electrons. The number of aromatic amines is 1. The van der Waals surface area contributed by atoms with Gasteiger partial charge in [0.2, 0.25) is 0 Å². The fourth-order valence-electron chi connectivity index (χ4n) is 2.29. The van der Waals surface area contributed by atoms with Gasteiger partial charge in [-0.3, -0.25) is 0 Å². The molecule has 1 N–H and O–H groups in total. The average molecular weight is 322 g/mol. The number of H-pyrrole nitrogens is 1. The van der Waals surface area contributed by atoms with Crippen molar-refractivity contribution in [3.63, 3.8) is 0 Å². The first-order chi connectivity index (χ1) is 10.5. The molecule has 0 bridgehead atoms. The number of nitrogens with one attached hydrogen (secondary N) is 1. The molecule has 2 heterocycles. The molecule has 0 spiro atoms. The molecular weight excluding hydrogens is 308 g/mol. The van der Waals surface area contributed by atoms with E-state index in [4.69, 9.17) is 11.6 Å². The van der Waals surface area contributed by atoms with E-state index in [2.05, 4.69) is 35.1 Å². The van der Waals surface area contributed by atoms with Gasteiger partial charge in [-0.05, 0) is 36.2 Å². The van der Waals surface area contributed by atoms with Gasteiger partial charge < -0.3 is 4.98 Å². The van der Waals surface area contributed by atoms with Crippen LogP contribution in [-0.2, 0) is 0 Å². The SMILES string of the molecule is CC(C)c1cc2cc(Cl)c(-c3ccc(C(F)F)nn3)cc2[nH]1. The summed E-state index contributed by atoms with van der Waals surface area (Å²) in [7, 11) is 0. The van der Waals surface area contributed by atoms with E-state index in [-0.39, 0.29) is 5.69 Å². The van der Waals surface area contributed by atoms with E-state index < -0.39 is 6.43 Å². The highest BCUT2D eigenvalue weighted by Crippen LogP contribution is 2.32. The van der Waals surface area contributed by atoms with Crippen molar-refractivity contribution in [2.45, 2.75) is 26.2 Å². The minimum atomic E-state index is -2.63. The monoisotopic (exact) mass is 321 g/mol.